The summed E-state index contributed by atoms with van der Waals surface area (Å²) in [5.74, 6) is -1.31. The SMILES string of the molecule is O=C1CN(Cc2c(F)ccc(Br)c2F)CCN1. The molecule has 1 aromatic rings. The number of piperazine rings is 1. The number of hydrogen-bond acceptors (Lipinski definition) is 2. The van der Waals surface area contributed by atoms with Gasteiger partial charge in [-0.2, -0.15) is 0 Å². The third-order valence-electron chi connectivity index (χ3n) is 2.64. The minimum Gasteiger partial charge on any atom is -0.354 e. The molecular weight excluding hydrogens is 294 g/mol. The highest BCUT2D eigenvalue weighted by molar-refractivity contribution is 9.10. The molecule has 92 valence electrons. The topological polar surface area (TPSA) is 32.3 Å². The van der Waals surface area contributed by atoms with Crippen molar-refractivity contribution in [3.63, 3.8) is 0 Å². The van der Waals surface area contributed by atoms with Crippen molar-refractivity contribution in [2.45, 2.75) is 6.54 Å². The van der Waals surface area contributed by atoms with Crippen LogP contribution in [0.5, 0.6) is 0 Å². The highest BCUT2D eigenvalue weighted by Gasteiger charge is 2.20. The van der Waals surface area contributed by atoms with Gasteiger partial charge in [0, 0.05) is 25.2 Å². The number of amides is 1. The Kier molecular flexibility index (Phi) is 3.73. The predicted octanol–water partition coefficient (Wildman–Crippen LogP) is 1.66. The Morgan fingerprint density at radius 3 is 2.88 bits per heavy atom. The number of nitrogens with one attached hydrogen (secondary N) is 1. The van der Waals surface area contributed by atoms with Crippen LogP contribution in [0.2, 0.25) is 0 Å². The fourth-order valence-corrected chi connectivity index (χ4v) is 2.14. The van der Waals surface area contributed by atoms with Crippen molar-refractivity contribution >= 4 is 21.8 Å². The maximum atomic E-state index is 13.7. The number of nitrogens with zero attached hydrogens (tertiary/aromatic N) is 1. The second kappa shape index (κ2) is 5.10. The van der Waals surface area contributed by atoms with E-state index in [4.69, 9.17) is 0 Å². The van der Waals surface area contributed by atoms with Crippen molar-refractivity contribution in [1.82, 2.24) is 10.2 Å². The summed E-state index contributed by atoms with van der Waals surface area (Å²) in [4.78, 5) is 12.9. The molecular formula is C11H11BrF2N2O. The maximum Gasteiger partial charge on any atom is 0.234 e. The second-order valence-corrected chi connectivity index (χ2v) is 4.74. The summed E-state index contributed by atoms with van der Waals surface area (Å²) >= 11 is 3.02. The second-order valence-electron chi connectivity index (χ2n) is 3.88. The lowest BCUT2D eigenvalue weighted by molar-refractivity contribution is -0.124. The van der Waals surface area contributed by atoms with Gasteiger partial charge in [-0.3, -0.25) is 9.69 Å². The zero-order valence-corrected chi connectivity index (χ0v) is 10.6. The Labute approximate surface area is 106 Å². The molecule has 1 N–H and O–H groups in total. The molecule has 0 unspecified atom stereocenters. The largest absolute Gasteiger partial charge is 0.354 e. The van der Waals surface area contributed by atoms with Crippen molar-refractivity contribution in [3.8, 4) is 0 Å². The van der Waals surface area contributed by atoms with Crippen LogP contribution in [-0.2, 0) is 11.3 Å². The van der Waals surface area contributed by atoms with Crippen molar-refractivity contribution in [2.75, 3.05) is 19.6 Å². The van der Waals surface area contributed by atoms with Crippen molar-refractivity contribution < 1.29 is 13.6 Å². The molecule has 0 aliphatic carbocycles. The van der Waals surface area contributed by atoms with E-state index in [1.807, 2.05) is 0 Å². The van der Waals surface area contributed by atoms with Gasteiger partial charge in [0.2, 0.25) is 5.91 Å². The van der Waals surface area contributed by atoms with Gasteiger partial charge in [0.15, 0.2) is 0 Å². The quantitative estimate of drug-likeness (QED) is 0.843. The van der Waals surface area contributed by atoms with Gasteiger partial charge in [-0.25, -0.2) is 8.78 Å². The van der Waals surface area contributed by atoms with E-state index < -0.39 is 11.6 Å². The van der Waals surface area contributed by atoms with E-state index in [0.717, 1.165) is 0 Å². The van der Waals surface area contributed by atoms with Crippen molar-refractivity contribution in [1.29, 1.82) is 0 Å². The third-order valence-corrected chi connectivity index (χ3v) is 3.25. The van der Waals surface area contributed by atoms with Crippen LogP contribution in [0.15, 0.2) is 16.6 Å². The van der Waals surface area contributed by atoms with Gasteiger partial charge in [0.25, 0.3) is 0 Å². The van der Waals surface area contributed by atoms with E-state index in [9.17, 15) is 13.6 Å². The molecule has 0 bridgehead atoms. The Morgan fingerprint density at radius 2 is 2.18 bits per heavy atom. The molecule has 1 amide bonds. The number of hydrogen-bond donors (Lipinski definition) is 1. The van der Waals surface area contributed by atoms with E-state index >= 15 is 0 Å². The van der Waals surface area contributed by atoms with Crippen molar-refractivity contribution in [2.24, 2.45) is 0 Å². The zero-order chi connectivity index (χ0) is 12.4. The molecule has 3 nitrogen and oxygen atoms in total. The first kappa shape index (κ1) is 12.4. The number of rotatable bonds is 2. The average Bonchev–Trinajstić information content (AvgIpc) is 2.30. The normalized spacial score (nSPS) is 17.0. The monoisotopic (exact) mass is 304 g/mol. The molecule has 1 fully saturated rings. The fourth-order valence-electron chi connectivity index (χ4n) is 1.76. The van der Waals surface area contributed by atoms with Crippen LogP contribution in [0.25, 0.3) is 0 Å². The molecule has 0 atom stereocenters. The molecule has 1 aromatic carbocycles. The molecule has 2 rings (SSSR count). The number of carbonyl (C=O) groups is 1. The number of halogens is 3. The summed E-state index contributed by atoms with van der Waals surface area (Å²) in [5, 5.41) is 2.66. The zero-order valence-electron chi connectivity index (χ0n) is 8.97. The van der Waals surface area contributed by atoms with Gasteiger partial charge in [-0.1, -0.05) is 0 Å². The lowest BCUT2D eigenvalue weighted by Gasteiger charge is -2.26. The Hall–Kier alpha value is -1.01. The number of carbonyl (C=O) groups excluding carboxylic acids is 1. The Morgan fingerprint density at radius 1 is 1.41 bits per heavy atom. The fraction of sp³-hybridized carbons (Fsp3) is 0.364. The summed E-state index contributed by atoms with van der Waals surface area (Å²) in [7, 11) is 0. The highest BCUT2D eigenvalue weighted by Crippen LogP contribution is 2.22. The summed E-state index contributed by atoms with van der Waals surface area (Å²) in [6.45, 7) is 1.38. The van der Waals surface area contributed by atoms with Crippen LogP contribution in [0.1, 0.15) is 5.56 Å². The van der Waals surface area contributed by atoms with Crippen molar-refractivity contribution in [3.05, 3.63) is 33.8 Å². The average molecular weight is 305 g/mol. The van der Waals surface area contributed by atoms with Crippen LogP contribution in [0.3, 0.4) is 0 Å². The highest BCUT2D eigenvalue weighted by atomic mass is 79.9. The molecule has 1 aliphatic heterocycles. The predicted molar refractivity (Wildman–Crippen MR) is 62.3 cm³/mol. The van der Waals surface area contributed by atoms with Gasteiger partial charge in [-0.15, -0.1) is 0 Å². The summed E-state index contributed by atoms with van der Waals surface area (Å²) in [6, 6.07) is 2.55. The molecule has 0 saturated carbocycles. The molecule has 1 aliphatic rings. The summed E-state index contributed by atoms with van der Waals surface area (Å²) < 4.78 is 27.4. The maximum absolute atomic E-state index is 13.7. The minimum absolute atomic E-state index is 0.00549. The first-order chi connectivity index (χ1) is 8.08. The Bertz CT molecular complexity index is 453. The smallest absolute Gasteiger partial charge is 0.234 e. The van der Waals surface area contributed by atoms with Crippen LogP contribution < -0.4 is 5.32 Å². The third kappa shape index (κ3) is 2.81. The van der Waals surface area contributed by atoms with E-state index in [1.165, 1.54) is 12.1 Å². The number of benzene rings is 1. The van der Waals surface area contributed by atoms with Gasteiger partial charge in [0.1, 0.15) is 11.6 Å². The molecule has 17 heavy (non-hydrogen) atoms. The van der Waals surface area contributed by atoms with Gasteiger partial charge in [0.05, 0.1) is 11.0 Å². The summed E-state index contributed by atoms with van der Waals surface area (Å²) in [6.07, 6.45) is 0. The molecule has 1 saturated heterocycles. The first-order valence-electron chi connectivity index (χ1n) is 5.19. The van der Waals surface area contributed by atoms with Crippen LogP contribution in [0, 0.1) is 11.6 Å². The molecule has 1 heterocycles. The van der Waals surface area contributed by atoms with E-state index in [2.05, 4.69) is 21.2 Å². The molecule has 0 spiro atoms. The van der Waals surface area contributed by atoms with E-state index in [1.54, 1.807) is 4.90 Å². The van der Waals surface area contributed by atoms with Crippen LogP contribution in [0.4, 0.5) is 8.78 Å². The van der Waals surface area contributed by atoms with Gasteiger partial charge >= 0.3 is 0 Å². The lowest BCUT2D eigenvalue weighted by Crippen LogP contribution is -2.47. The molecule has 6 heteroatoms. The lowest BCUT2D eigenvalue weighted by atomic mass is 10.1. The minimum atomic E-state index is -0.601. The van der Waals surface area contributed by atoms with Crippen LogP contribution in [-0.4, -0.2) is 30.4 Å². The van der Waals surface area contributed by atoms with Crippen LogP contribution >= 0.6 is 15.9 Å². The Balaban J connectivity index is 2.18. The summed E-state index contributed by atoms with van der Waals surface area (Å²) in [5.41, 5.74) is -0.00549. The molecule has 0 aromatic heterocycles. The van der Waals surface area contributed by atoms with Gasteiger partial charge < -0.3 is 5.32 Å². The van der Waals surface area contributed by atoms with E-state index in [-0.39, 0.29) is 29.0 Å². The van der Waals surface area contributed by atoms with E-state index in [0.29, 0.717) is 13.1 Å². The van der Waals surface area contributed by atoms with Gasteiger partial charge in [-0.05, 0) is 28.1 Å². The first-order valence-corrected chi connectivity index (χ1v) is 5.98. The standard InChI is InChI=1S/C11H11BrF2N2O/c12-8-1-2-9(13)7(11(8)14)5-16-4-3-15-10(17)6-16/h1-2H,3-6H2,(H,15,17). The molecule has 0 radical (unpaired) electrons.